The van der Waals surface area contributed by atoms with Crippen molar-refractivity contribution in [3.05, 3.63) is 57.3 Å². The van der Waals surface area contributed by atoms with E-state index in [4.69, 9.17) is 32.7 Å². The number of ether oxygens (including phenoxy) is 2. The topological polar surface area (TPSA) is 56.6 Å². The lowest BCUT2D eigenvalue weighted by molar-refractivity contribution is 0.0603. The van der Waals surface area contributed by atoms with Gasteiger partial charge in [-0.1, -0.05) is 35.3 Å². The van der Waals surface area contributed by atoms with Crippen molar-refractivity contribution >= 4 is 45.9 Å². The van der Waals surface area contributed by atoms with Crippen LogP contribution >= 0.6 is 23.2 Å². The van der Waals surface area contributed by atoms with Crippen LogP contribution in [-0.4, -0.2) is 48.9 Å². The first-order chi connectivity index (χ1) is 14.0. The summed E-state index contributed by atoms with van der Waals surface area (Å²) in [6.45, 7) is 5.24. The first-order valence-electron chi connectivity index (χ1n) is 9.34. The lowest BCUT2D eigenvalue weighted by Crippen LogP contribution is -2.36. The van der Waals surface area contributed by atoms with E-state index in [0.717, 1.165) is 35.7 Å². The van der Waals surface area contributed by atoms with Crippen LogP contribution in [0.1, 0.15) is 21.7 Å². The summed E-state index contributed by atoms with van der Waals surface area (Å²) in [4.78, 5) is 19.3. The van der Waals surface area contributed by atoms with E-state index in [-0.39, 0.29) is 0 Å². The number of esters is 1. The Labute approximate surface area is 178 Å². The van der Waals surface area contributed by atoms with Gasteiger partial charge in [0.1, 0.15) is 11.3 Å². The zero-order chi connectivity index (χ0) is 20.5. The van der Waals surface area contributed by atoms with Crippen LogP contribution in [-0.2, 0) is 16.0 Å². The summed E-state index contributed by atoms with van der Waals surface area (Å²) in [5.41, 5.74) is 3.75. The largest absolute Gasteiger partial charge is 0.465 e. The highest BCUT2D eigenvalue weighted by Gasteiger charge is 2.22. The summed E-state index contributed by atoms with van der Waals surface area (Å²) in [6, 6.07) is 9.48. The fourth-order valence-electron chi connectivity index (χ4n) is 3.63. The van der Waals surface area contributed by atoms with Crippen LogP contribution in [0.25, 0.3) is 11.0 Å². The van der Waals surface area contributed by atoms with E-state index in [9.17, 15) is 4.79 Å². The van der Waals surface area contributed by atoms with E-state index in [0.29, 0.717) is 40.9 Å². The zero-order valence-corrected chi connectivity index (χ0v) is 17.8. The molecule has 0 unspecified atom stereocenters. The Morgan fingerprint density at radius 1 is 1.24 bits per heavy atom. The second kappa shape index (κ2) is 8.22. The van der Waals surface area contributed by atoms with Crippen molar-refractivity contribution in [1.29, 1.82) is 0 Å². The van der Waals surface area contributed by atoms with Crippen molar-refractivity contribution in [2.24, 2.45) is 0 Å². The summed E-state index contributed by atoms with van der Waals surface area (Å²) in [5, 5.41) is 1.03. The number of aromatic nitrogens is 2. The number of anilines is 1. The standard InChI is InChI=1S/C21H21Cl2N3O3/c1-13-24-20-16(21(27)28-2)10-15(25-6-8-29-9-7-25)11-18(20)26(13)12-14-4-3-5-17(22)19(14)23/h3-5,10-11H,6-9,12H2,1-2H3. The lowest BCUT2D eigenvalue weighted by atomic mass is 10.1. The van der Waals surface area contributed by atoms with Crippen LogP contribution in [0.5, 0.6) is 0 Å². The van der Waals surface area contributed by atoms with Gasteiger partial charge in [-0.15, -0.1) is 0 Å². The number of benzene rings is 2. The number of carbonyl (C=O) groups excluding carboxylic acids is 1. The number of methoxy groups -OCH3 is 1. The highest BCUT2D eigenvalue weighted by atomic mass is 35.5. The van der Waals surface area contributed by atoms with E-state index < -0.39 is 5.97 Å². The van der Waals surface area contributed by atoms with Crippen molar-refractivity contribution in [1.82, 2.24) is 9.55 Å². The van der Waals surface area contributed by atoms with Crippen LogP contribution in [0, 0.1) is 6.92 Å². The van der Waals surface area contributed by atoms with E-state index >= 15 is 0 Å². The maximum absolute atomic E-state index is 12.5. The van der Waals surface area contributed by atoms with E-state index in [2.05, 4.69) is 16.0 Å². The SMILES string of the molecule is COC(=O)c1cc(N2CCOCC2)cc2c1nc(C)n2Cc1cccc(Cl)c1Cl. The maximum Gasteiger partial charge on any atom is 0.340 e. The summed E-state index contributed by atoms with van der Waals surface area (Å²) in [7, 11) is 1.38. The number of hydrogen-bond donors (Lipinski definition) is 0. The average molecular weight is 434 g/mol. The molecule has 4 rings (SSSR count). The number of fused-ring (bicyclic) bond motifs is 1. The predicted molar refractivity (Wildman–Crippen MR) is 114 cm³/mol. The highest BCUT2D eigenvalue weighted by Crippen LogP contribution is 2.31. The molecule has 1 fully saturated rings. The monoisotopic (exact) mass is 433 g/mol. The molecule has 6 nitrogen and oxygen atoms in total. The molecule has 0 atom stereocenters. The van der Waals surface area contributed by atoms with Crippen LogP contribution in [0.15, 0.2) is 30.3 Å². The smallest absolute Gasteiger partial charge is 0.340 e. The van der Waals surface area contributed by atoms with Crippen LogP contribution in [0.2, 0.25) is 10.0 Å². The Morgan fingerprint density at radius 3 is 2.72 bits per heavy atom. The molecule has 2 aromatic carbocycles. The van der Waals surface area contributed by atoms with Crippen molar-refractivity contribution in [3.8, 4) is 0 Å². The molecule has 152 valence electrons. The first kappa shape index (κ1) is 20.0. The quantitative estimate of drug-likeness (QED) is 0.573. The zero-order valence-electron chi connectivity index (χ0n) is 16.2. The van der Waals surface area contributed by atoms with Gasteiger partial charge >= 0.3 is 5.97 Å². The second-order valence-electron chi connectivity index (χ2n) is 6.91. The number of carbonyl (C=O) groups is 1. The molecule has 1 saturated heterocycles. The van der Waals surface area contributed by atoms with Crippen LogP contribution in [0.4, 0.5) is 5.69 Å². The summed E-state index contributed by atoms with van der Waals surface area (Å²) in [6.07, 6.45) is 0. The van der Waals surface area contributed by atoms with Gasteiger partial charge < -0.3 is 18.9 Å². The molecule has 8 heteroatoms. The third-order valence-corrected chi connectivity index (χ3v) is 6.03. The minimum atomic E-state index is -0.407. The fraction of sp³-hybridized carbons (Fsp3) is 0.333. The maximum atomic E-state index is 12.5. The molecule has 0 amide bonds. The van der Waals surface area contributed by atoms with Gasteiger partial charge in [0.05, 0.1) is 48.0 Å². The number of rotatable bonds is 4. The highest BCUT2D eigenvalue weighted by molar-refractivity contribution is 6.42. The molecule has 29 heavy (non-hydrogen) atoms. The van der Waals surface area contributed by atoms with Crippen molar-refractivity contribution in [3.63, 3.8) is 0 Å². The number of morpholine rings is 1. The number of imidazole rings is 1. The van der Waals surface area contributed by atoms with Crippen LogP contribution in [0.3, 0.4) is 0 Å². The molecule has 1 aromatic heterocycles. The van der Waals surface area contributed by atoms with Gasteiger partial charge in [0.25, 0.3) is 0 Å². The van der Waals surface area contributed by atoms with E-state index in [1.165, 1.54) is 7.11 Å². The molecular formula is C21H21Cl2N3O3. The predicted octanol–water partition coefficient (Wildman–Crippen LogP) is 4.32. The molecule has 0 bridgehead atoms. The minimum absolute atomic E-state index is 0.407. The third-order valence-electron chi connectivity index (χ3n) is 5.17. The Balaban J connectivity index is 1.87. The Hall–Kier alpha value is -2.28. The third kappa shape index (κ3) is 3.80. The van der Waals surface area contributed by atoms with Gasteiger partial charge in [-0.3, -0.25) is 0 Å². The Kier molecular flexibility index (Phi) is 5.67. The summed E-state index contributed by atoms with van der Waals surface area (Å²) < 4.78 is 12.5. The molecule has 0 spiro atoms. The molecular weight excluding hydrogens is 413 g/mol. The molecule has 2 heterocycles. The van der Waals surface area contributed by atoms with Crippen molar-refractivity contribution in [2.45, 2.75) is 13.5 Å². The van der Waals surface area contributed by atoms with E-state index in [1.807, 2.05) is 29.7 Å². The summed E-state index contributed by atoms with van der Waals surface area (Å²) in [5.74, 6) is 0.371. The van der Waals surface area contributed by atoms with Crippen LogP contribution < -0.4 is 4.90 Å². The fourth-order valence-corrected chi connectivity index (χ4v) is 4.01. The molecule has 0 radical (unpaired) electrons. The van der Waals surface area contributed by atoms with Gasteiger partial charge in [-0.05, 0) is 30.7 Å². The molecule has 0 N–H and O–H groups in total. The minimum Gasteiger partial charge on any atom is -0.465 e. The average Bonchev–Trinajstić information content (AvgIpc) is 3.06. The Morgan fingerprint density at radius 2 is 2.00 bits per heavy atom. The number of aryl methyl sites for hydroxylation is 1. The van der Waals surface area contributed by atoms with Gasteiger partial charge in [-0.2, -0.15) is 0 Å². The van der Waals surface area contributed by atoms with E-state index in [1.54, 1.807) is 6.07 Å². The number of halogens is 2. The molecule has 1 aliphatic rings. The first-order valence-corrected chi connectivity index (χ1v) is 10.1. The van der Waals surface area contributed by atoms with Gasteiger partial charge in [0.2, 0.25) is 0 Å². The Bertz CT molecular complexity index is 1070. The number of hydrogen-bond acceptors (Lipinski definition) is 5. The van der Waals surface area contributed by atoms with Gasteiger partial charge in [0.15, 0.2) is 0 Å². The molecule has 3 aromatic rings. The molecule has 0 aliphatic carbocycles. The normalized spacial score (nSPS) is 14.4. The van der Waals surface area contributed by atoms with Gasteiger partial charge in [0, 0.05) is 18.8 Å². The second-order valence-corrected chi connectivity index (χ2v) is 7.70. The molecule has 0 saturated carbocycles. The van der Waals surface area contributed by atoms with Gasteiger partial charge in [-0.25, -0.2) is 9.78 Å². The van der Waals surface area contributed by atoms with Crippen molar-refractivity contribution < 1.29 is 14.3 Å². The molecule has 1 aliphatic heterocycles. The summed E-state index contributed by atoms with van der Waals surface area (Å²) >= 11 is 12.6. The van der Waals surface area contributed by atoms with Crippen molar-refractivity contribution in [2.75, 3.05) is 38.3 Å². The lowest BCUT2D eigenvalue weighted by Gasteiger charge is -2.29. The number of nitrogens with zero attached hydrogens (tertiary/aromatic N) is 3.